The summed E-state index contributed by atoms with van der Waals surface area (Å²) in [5.74, 6) is 0.0538. The van der Waals surface area contributed by atoms with Gasteiger partial charge in [0, 0.05) is 11.8 Å². The predicted molar refractivity (Wildman–Crippen MR) is 43.6 cm³/mol. The average molecular weight is 153 g/mol. The molecule has 0 bridgehead atoms. The summed E-state index contributed by atoms with van der Waals surface area (Å²) in [5.41, 5.74) is 1.39. The van der Waals surface area contributed by atoms with Crippen molar-refractivity contribution in [2.24, 2.45) is 0 Å². The average Bonchev–Trinajstić information content (AvgIpc) is 1.88. The summed E-state index contributed by atoms with van der Waals surface area (Å²) in [6.07, 6.45) is 1.66. The molecule has 1 rings (SSSR count). The van der Waals surface area contributed by atoms with E-state index in [4.69, 9.17) is 0 Å². The lowest BCUT2D eigenvalue weighted by Gasteiger charge is -1.96. The maximum Gasteiger partial charge on any atom is 0.161 e. The Balaban J connectivity index is 3.15. The highest BCUT2D eigenvalue weighted by atomic mass is 31.0. The fourth-order valence-corrected chi connectivity index (χ4v) is 1.10. The lowest BCUT2D eigenvalue weighted by molar-refractivity contribution is 0.101. The van der Waals surface area contributed by atoms with Gasteiger partial charge in [-0.05, 0) is 19.1 Å². The van der Waals surface area contributed by atoms with E-state index in [1.54, 1.807) is 18.3 Å². The standard InChI is InChI=1S/C7H8NOP/c1-5(9)6-3-2-4-8-7(6)10/h2-4H,10H2,1H3. The quantitative estimate of drug-likeness (QED) is 0.441. The summed E-state index contributed by atoms with van der Waals surface area (Å²) in [6.45, 7) is 1.53. The first-order valence-electron chi connectivity index (χ1n) is 2.93. The number of aromatic nitrogens is 1. The van der Waals surface area contributed by atoms with Gasteiger partial charge in [0.15, 0.2) is 5.78 Å². The van der Waals surface area contributed by atoms with E-state index in [1.807, 2.05) is 0 Å². The van der Waals surface area contributed by atoms with E-state index in [0.29, 0.717) is 5.56 Å². The van der Waals surface area contributed by atoms with Gasteiger partial charge in [-0.2, -0.15) is 0 Å². The molecule has 3 heteroatoms. The Hall–Kier alpha value is -0.750. The number of Topliss-reactive ketones (excluding diaryl/α,β-unsaturated/α-hetero) is 1. The monoisotopic (exact) mass is 153 g/mol. The molecule has 52 valence electrons. The van der Waals surface area contributed by atoms with Crippen LogP contribution in [0, 0.1) is 0 Å². The molecule has 10 heavy (non-hydrogen) atoms. The van der Waals surface area contributed by atoms with Gasteiger partial charge in [0.25, 0.3) is 0 Å². The molecular formula is C7H8NOP. The molecular weight excluding hydrogens is 145 g/mol. The molecule has 0 aromatic carbocycles. The second-order valence-corrected chi connectivity index (χ2v) is 2.54. The lowest BCUT2D eigenvalue weighted by Crippen LogP contribution is -2.08. The van der Waals surface area contributed by atoms with Crippen LogP contribution >= 0.6 is 9.24 Å². The molecule has 0 spiro atoms. The highest BCUT2D eigenvalue weighted by Crippen LogP contribution is 1.97. The molecule has 0 aliphatic carbocycles. The third-order valence-electron chi connectivity index (χ3n) is 1.22. The van der Waals surface area contributed by atoms with Gasteiger partial charge in [-0.1, -0.05) is 9.24 Å². The van der Waals surface area contributed by atoms with Crippen LogP contribution in [0.1, 0.15) is 17.3 Å². The minimum Gasteiger partial charge on any atom is -0.294 e. The topological polar surface area (TPSA) is 30.0 Å². The van der Waals surface area contributed by atoms with Crippen LogP contribution < -0.4 is 5.44 Å². The maximum absolute atomic E-state index is 10.8. The van der Waals surface area contributed by atoms with Crippen molar-refractivity contribution in [3.05, 3.63) is 23.9 Å². The summed E-state index contributed by atoms with van der Waals surface area (Å²) in [7, 11) is 2.42. The van der Waals surface area contributed by atoms with Crippen LogP contribution in [-0.4, -0.2) is 10.8 Å². The zero-order chi connectivity index (χ0) is 7.56. The van der Waals surface area contributed by atoms with Crippen LogP contribution in [0.2, 0.25) is 0 Å². The molecule has 0 saturated heterocycles. The van der Waals surface area contributed by atoms with E-state index in [1.165, 1.54) is 6.92 Å². The lowest BCUT2D eigenvalue weighted by atomic mass is 10.2. The van der Waals surface area contributed by atoms with Crippen LogP contribution in [0.15, 0.2) is 18.3 Å². The molecule has 0 N–H and O–H groups in total. The Morgan fingerprint density at radius 3 is 2.80 bits per heavy atom. The van der Waals surface area contributed by atoms with Crippen molar-refractivity contribution < 1.29 is 4.79 Å². The molecule has 0 radical (unpaired) electrons. The highest BCUT2D eigenvalue weighted by molar-refractivity contribution is 7.27. The summed E-state index contributed by atoms with van der Waals surface area (Å²) >= 11 is 0. The number of carbonyl (C=O) groups is 1. The Kier molecular flexibility index (Phi) is 2.13. The Bertz CT molecular complexity index is 260. The van der Waals surface area contributed by atoms with E-state index < -0.39 is 0 Å². The first-order valence-corrected chi connectivity index (χ1v) is 3.51. The SMILES string of the molecule is CC(=O)c1cccnc1P. The second-order valence-electron chi connectivity index (χ2n) is 1.99. The van der Waals surface area contributed by atoms with E-state index in [-0.39, 0.29) is 5.78 Å². The third-order valence-corrected chi connectivity index (χ3v) is 1.68. The fourth-order valence-electron chi connectivity index (χ4n) is 0.715. The first kappa shape index (κ1) is 7.36. The van der Waals surface area contributed by atoms with Crippen molar-refractivity contribution in [2.75, 3.05) is 0 Å². The minimum atomic E-state index is 0.0538. The van der Waals surface area contributed by atoms with Crippen LogP contribution in [0.4, 0.5) is 0 Å². The van der Waals surface area contributed by atoms with Gasteiger partial charge in [-0.15, -0.1) is 0 Å². The zero-order valence-corrected chi connectivity index (χ0v) is 6.82. The third kappa shape index (κ3) is 1.39. The largest absolute Gasteiger partial charge is 0.294 e. The number of carbonyl (C=O) groups excluding carboxylic acids is 1. The van der Waals surface area contributed by atoms with Crippen molar-refractivity contribution in [3.8, 4) is 0 Å². The van der Waals surface area contributed by atoms with Crippen LogP contribution in [0.25, 0.3) is 0 Å². The van der Waals surface area contributed by atoms with Gasteiger partial charge in [-0.3, -0.25) is 9.78 Å². The summed E-state index contributed by atoms with van der Waals surface area (Å²) in [5, 5.41) is 0. The van der Waals surface area contributed by atoms with E-state index in [9.17, 15) is 4.79 Å². The molecule has 1 atom stereocenters. The van der Waals surface area contributed by atoms with E-state index in [2.05, 4.69) is 14.2 Å². The predicted octanol–water partition coefficient (Wildman–Crippen LogP) is 0.785. The molecule has 1 aromatic heterocycles. The van der Waals surface area contributed by atoms with E-state index in [0.717, 1.165) is 5.44 Å². The fraction of sp³-hybridized carbons (Fsp3) is 0.143. The smallest absolute Gasteiger partial charge is 0.161 e. The number of ketones is 1. The van der Waals surface area contributed by atoms with Crippen molar-refractivity contribution in [1.82, 2.24) is 4.98 Å². The van der Waals surface area contributed by atoms with Crippen molar-refractivity contribution in [3.63, 3.8) is 0 Å². The van der Waals surface area contributed by atoms with Gasteiger partial charge in [-0.25, -0.2) is 0 Å². The van der Waals surface area contributed by atoms with Gasteiger partial charge in [0.05, 0.1) is 5.44 Å². The number of rotatable bonds is 1. The molecule has 0 amide bonds. The molecule has 0 saturated carbocycles. The Morgan fingerprint density at radius 2 is 2.40 bits per heavy atom. The molecule has 1 heterocycles. The zero-order valence-electron chi connectivity index (χ0n) is 5.66. The van der Waals surface area contributed by atoms with Gasteiger partial charge >= 0.3 is 0 Å². The van der Waals surface area contributed by atoms with Crippen molar-refractivity contribution in [2.45, 2.75) is 6.92 Å². The normalized spacial score (nSPS) is 9.40. The Labute approximate surface area is 61.9 Å². The number of nitrogens with zero attached hydrogens (tertiary/aromatic N) is 1. The van der Waals surface area contributed by atoms with Gasteiger partial charge in [0.1, 0.15) is 0 Å². The van der Waals surface area contributed by atoms with Crippen LogP contribution in [0.5, 0.6) is 0 Å². The molecule has 0 aliphatic heterocycles. The van der Waals surface area contributed by atoms with Crippen molar-refractivity contribution >= 4 is 20.5 Å². The summed E-state index contributed by atoms with van der Waals surface area (Å²) in [4.78, 5) is 14.8. The van der Waals surface area contributed by atoms with Crippen LogP contribution in [0.3, 0.4) is 0 Å². The van der Waals surface area contributed by atoms with Crippen molar-refractivity contribution in [1.29, 1.82) is 0 Å². The molecule has 1 unspecified atom stereocenters. The van der Waals surface area contributed by atoms with Crippen LogP contribution in [-0.2, 0) is 0 Å². The maximum atomic E-state index is 10.8. The first-order chi connectivity index (χ1) is 4.72. The number of hydrogen-bond acceptors (Lipinski definition) is 2. The molecule has 0 fully saturated rings. The van der Waals surface area contributed by atoms with E-state index >= 15 is 0 Å². The molecule has 2 nitrogen and oxygen atoms in total. The summed E-state index contributed by atoms with van der Waals surface area (Å²) < 4.78 is 0. The van der Waals surface area contributed by atoms with Gasteiger partial charge < -0.3 is 0 Å². The molecule has 0 aliphatic rings. The molecule has 1 aromatic rings. The highest BCUT2D eigenvalue weighted by Gasteiger charge is 2.01. The number of pyridine rings is 1. The number of hydrogen-bond donors (Lipinski definition) is 0. The second kappa shape index (κ2) is 2.89. The summed E-state index contributed by atoms with van der Waals surface area (Å²) in [6, 6.07) is 3.52. The van der Waals surface area contributed by atoms with Gasteiger partial charge in [0.2, 0.25) is 0 Å². The Morgan fingerprint density at radius 1 is 1.70 bits per heavy atom. The minimum absolute atomic E-state index is 0.0538.